The topological polar surface area (TPSA) is 127 Å². The predicted molar refractivity (Wildman–Crippen MR) is 108 cm³/mol. The number of benzene rings is 1. The Morgan fingerprint density at radius 1 is 1.30 bits per heavy atom. The van der Waals surface area contributed by atoms with Crippen LogP contribution in [0, 0.1) is 5.82 Å². The van der Waals surface area contributed by atoms with Crippen LogP contribution in [-0.2, 0) is 26.5 Å². The molecule has 2 aliphatic heterocycles. The molecule has 0 saturated carbocycles. The van der Waals surface area contributed by atoms with E-state index < -0.39 is 44.3 Å². The van der Waals surface area contributed by atoms with Crippen molar-refractivity contribution in [2.45, 2.75) is 17.0 Å². The molecule has 1 aromatic carbocycles. The van der Waals surface area contributed by atoms with E-state index in [2.05, 4.69) is 15.3 Å². The first-order valence-corrected chi connectivity index (χ1v) is 10.9. The number of ether oxygens (including phenoxy) is 1. The van der Waals surface area contributed by atoms with Crippen LogP contribution in [-0.4, -0.2) is 55.1 Å². The minimum atomic E-state index is -4.61. The highest BCUT2D eigenvalue weighted by atomic mass is 32.2. The molecule has 4 rings (SSSR count). The Morgan fingerprint density at radius 3 is 2.67 bits per heavy atom. The summed E-state index contributed by atoms with van der Waals surface area (Å²) in [6.07, 6.45) is -4.09. The number of aromatic nitrogens is 1. The van der Waals surface area contributed by atoms with Crippen molar-refractivity contribution >= 4 is 27.6 Å². The van der Waals surface area contributed by atoms with Gasteiger partial charge in [-0.2, -0.15) is 13.2 Å². The number of alkyl halides is 3. The summed E-state index contributed by atoms with van der Waals surface area (Å²) in [4.78, 5) is 20.2. The van der Waals surface area contributed by atoms with Crippen molar-refractivity contribution in [1.29, 1.82) is 0 Å². The zero-order valence-corrected chi connectivity index (χ0v) is 17.7. The molecule has 0 aliphatic carbocycles. The number of hydrogen-bond acceptors (Lipinski definition) is 7. The Morgan fingerprint density at radius 2 is 2.03 bits per heavy atom. The molecule has 2 aliphatic rings. The number of carbonyl (C=O) groups excluding carboxylic acids is 1. The van der Waals surface area contributed by atoms with Gasteiger partial charge in [0.15, 0.2) is 0 Å². The average Bonchev–Trinajstić information content (AvgIpc) is 3.19. The number of carbonyl (C=O) groups is 1. The summed E-state index contributed by atoms with van der Waals surface area (Å²) in [7, 11) is -2.79. The third-order valence-corrected chi connectivity index (χ3v) is 7.71. The first kappa shape index (κ1) is 22.9. The summed E-state index contributed by atoms with van der Waals surface area (Å²) < 4.78 is 84.8. The van der Waals surface area contributed by atoms with Gasteiger partial charge in [-0.15, -0.1) is 0 Å². The van der Waals surface area contributed by atoms with Gasteiger partial charge in [-0.05, 0) is 30.3 Å². The van der Waals surface area contributed by atoms with Gasteiger partial charge in [0, 0.05) is 24.5 Å². The smallest absolute Gasteiger partial charge is 0.377 e. The third-order valence-electron chi connectivity index (χ3n) is 5.52. The summed E-state index contributed by atoms with van der Waals surface area (Å²) in [5, 5.41) is 1.16. The molecular weight excluding hydrogens is 470 g/mol. The minimum Gasteiger partial charge on any atom is -0.377 e. The molecule has 0 unspecified atom stereocenters. The molecule has 33 heavy (non-hydrogen) atoms. The van der Waals surface area contributed by atoms with E-state index in [0.717, 1.165) is 16.4 Å². The largest absolute Gasteiger partial charge is 0.417 e. The first-order valence-electron chi connectivity index (χ1n) is 9.42. The summed E-state index contributed by atoms with van der Waals surface area (Å²) in [5.41, 5.74) is 2.66. The molecule has 1 saturated heterocycles. The van der Waals surface area contributed by atoms with Crippen LogP contribution in [0.5, 0.6) is 0 Å². The average molecular weight is 487 g/mol. The van der Waals surface area contributed by atoms with Crippen LogP contribution in [0.1, 0.15) is 21.6 Å². The molecule has 176 valence electrons. The maximum absolute atomic E-state index is 14.9. The Kier molecular flexibility index (Phi) is 5.32. The Bertz CT molecular complexity index is 1250. The number of rotatable bonds is 3. The number of sulfonamides is 1. The molecule has 3 heterocycles. The number of aliphatic imine (C=N–C) groups is 1. The number of nitrogens with two attached hydrogens (primary N) is 1. The quantitative estimate of drug-likeness (QED) is 0.635. The van der Waals surface area contributed by atoms with Crippen molar-refractivity contribution in [3.63, 3.8) is 0 Å². The van der Waals surface area contributed by atoms with Gasteiger partial charge in [-0.25, -0.2) is 22.1 Å². The van der Waals surface area contributed by atoms with E-state index in [4.69, 9.17) is 10.5 Å². The molecule has 1 fully saturated rings. The maximum atomic E-state index is 14.9. The predicted octanol–water partition coefficient (Wildman–Crippen LogP) is 1.68. The van der Waals surface area contributed by atoms with Crippen molar-refractivity contribution < 1.29 is 35.5 Å². The van der Waals surface area contributed by atoms with Gasteiger partial charge >= 0.3 is 6.18 Å². The van der Waals surface area contributed by atoms with E-state index in [1.807, 2.05) is 0 Å². The molecular formula is C19H17F4N5O4S. The SMILES string of the molecule is CN1C(N)=N[C@@]2(c3cc(NC(=O)c4ccc(C(F)(F)F)cn4)ccc3F)COC[C@H]2S1(=O)=O. The highest BCUT2D eigenvalue weighted by Crippen LogP contribution is 2.44. The van der Waals surface area contributed by atoms with Gasteiger partial charge in [-0.1, -0.05) is 0 Å². The monoisotopic (exact) mass is 487 g/mol. The van der Waals surface area contributed by atoms with E-state index in [-0.39, 0.29) is 36.1 Å². The number of pyridine rings is 1. The van der Waals surface area contributed by atoms with Crippen LogP contribution >= 0.6 is 0 Å². The molecule has 14 heteroatoms. The summed E-state index contributed by atoms with van der Waals surface area (Å²) >= 11 is 0. The third kappa shape index (κ3) is 3.78. The number of anilines is 1. The summed E-state index contributed by atoms with van der Waals surface area (Å²) in [6, 6.07) is 5.01. The standard InChI is InChI=1S/C19H17F4N5O4S/c1-28-17(24)27-18(9-32-8-15(18)33(28,30)31)12-6-11(3-4-13(12)20)26-16(29)14-5-2-10(7-25-14)19(21,22)23/h2-7,15H,8-9H2,1H3,(H2,24,27)(H,26,29)/t15-,18-/m1/s1. The van der Waals surface area contributed by atoms with Crippen molar-refractivity contribution in [3.05, 3.63) is 59.2 Å². The molecule has 0 radical (unpaired) electrons. The van der Waals surface area contributed by atoms with Crippen molar-refractivity contribution in [3.8, 4) is 0 Å². The number of guanidine groups is 1. The zero-order valence-electron chi connectivity index (χ0n) is 16.9. The van der Waals surface area contributed by atoms with Gasteiger partial charge in [0.1, 0.15) is 22.3 Å². The van der Waals surface area contributed by atoms with Crippen LogP contribution in [0.25, 0.3) is 0 Å². The van der Waals surface area contributed by atoms with Gasteiger partial charge in [0.2, 0.25) is 16.0 Å². The van der Waals surface area contributed by atoms with Crippen LogP contribution in [0.4, 0.5) is 23.2 Å². The molecule has 9 nitrogen and oxygen atoms in total. The number of nitrogens with one attached hydrogen (secondary N) is 1. The molecule has 2 aromatic rings. The molecule has 3 N–H and O–H groups in total. The normalized spacial score (nSPS) is 24.2. The summed E-state index contributed by atoms with van der Waals surface area (Å²) in [5.74, 6) is -2.00. The van der Waals surface area contributed by atoms with Crippen molar-refractivity contribution in [2.75, 3.05) is 25.6 Å². The van der Waals surface area contributed by atoms with Crippen LogP contribution in [0.15, 0.2) is 41.5 Å². The summed E-state index contributed by atoms with van der Waals surface area (Å²) in [6.45, 7) is -0.505. The number of hydrogen-bond donors (Lipinski definition) is 2. The van der Waals surface area contributed by atoms with Crippen LogP contribution in [0.2, 0.25) is 0 Å². The minimum absolute atomic E-state index is 0.0446. The van der Waals surface area contributed by atoms with Gasteiger partial charge < -0.3 is 15.8 Å². The lowest BCUT2D eigenvalue weighted by molar-refractivity contribution is -0.137. The number of fused-ring (bicyclic) bond motifs is 1. The number of amides is 1. The fourth-order valence-electron chi connectivity index (χ4n) is 3.72. The van der Waals surface area contributed by atoms with Gasteiger partial charge in [0.25, 0.3) is 5.91 Å². The Labute approximate surface area is 185 Å². The Balaban J connectivity index is 1.68. The van der Waals surface area contributed by atoms with Crippen molar-refractivity contribution in [1.82, 2.24) is 9.29 Å². The van der Waals surface area contributed by atoms with Gasteiger partial charge in [-0.3, -0.25) is 9.78 Å². The lowest BCUT2D eigenvalue weighted by Crippen LogP contribution is -2.57. The van der Waals surface area contributed by atoms with E-state index in [1.54, 1.807) is 0 Å². The van der Waals surface area contributed by atoms with E-state index in [1.165, 1.54) is 19.2 Å². The fraction of sp³-hybridized carbons (Fsp3) is 0.316. The van der Waals surface area contributed by atoms with E-state index in [0.29, 0.717) is 12.3 Å². The molecule has 0 bridgehead atoms. The van der Waals surface area contributed by atoms with E-state index in [9.17, 15) is 30.8 Å². The molecule has 2 atom stereocenters. The maximum Gasteiger partial charge on any atom is 0.417 e. The zero-order chi connectivity index (χ0) is 24.2. The molecule has 1 amide bonds. The molecule has 0 spiro atoms. The van der Waals surface area contributed by atoms with Crippen LogP contribution in [0.3, 0.4) is 0 Å². The molecule has 1 aromatic heterocycles. The highest BCUT2D eigenvalue weighted by Gasteiger charge is 2.58. The number of halogens is 4. The van der Waals surface area contributed by atoms with Crippen molar-refractivity contribution in [2.24, 2.45) is 10.7 Å². The number of nitrogens with zero attached hydrogens (tertiary/aromatic N) is 3. The highest BCUT2D eigenvalue weighted by molar-refractivity contribution is 7.90. The second kappa shape index (κ2) is 7.66. The van der Waals surface area contributed by atoms with Gasteiger partial charge in [0.05, 0.1) is 18.8 Å². The first-order chi connectivity index (χ1) is 15.4. The Hall–Kier alpha value is -3.26. The van der Waals surface area contributed by atoms with Crippen LogP contribution < -0.4 is 11.1 Å². The lowest BCUT2D eigenvalue weighted by atomic mass is 9.88. The fourth-order valence-corrected chi connectivity index (χ4v) is 5.41. The lowest BCUT2D eigenvalue weighted by Gasteiger charge is -2.38. The second-order valence-electron chi connectivity index (χ2n) is 7.49. The van der Waals surface area contributed by atoms with E-state index >= 15 is 0 Å². The second-order valence-corrected chi connectivity index (χ2v) is 9.64.